The van der Waals surface area contributed by atoms with Crippen LogP contribution in [0.15, 0.2) is 48.8 Å². The van der Waals surface area contributed by atoms with Crippen LogP contribution in [0.3, 0.4) is 0 Å². The van der Waals surface area contributed by atoms with Gasteiger partial charge in [-0.3, -0.25) is 4.79 Å². The maximum absolute atomic E-state index is 11.7. The predicted molar refractivity (Wildman–Crippen MR) is 72.3 cm³/mol. The molecule has 2 rings (SSSR count). The lowest BCUT2D eigenvalue weighted by molar-refractivity contribution is -0.121. The molecule has 1 amide bonds. The second-order valence-electron chi connectivity index (χ2n) is 4.04. The molecule has 4 heteroatoms. The molecule has 0 radical (unpaired) electrons. The second kappa shape index (κ2) is 6.26. The van der Waals surface area contributed by atoms with Crippen molar-refractivity contribution in [1.82, 2.24) is 9.88 Å². The van der Waals surface area contributed by atoms with Crippen molar-refractivity contribution in [3.05, 3.63) is 59.4 Å². The summed E-state index contributed by atoms with van der Waals surface area (Å²) in [7, 11) is 0. The van der Waals surface area contributed by atoms with E-state index < -0.39 is 0 Å². The third kappa shape index (κ3) is 3.64. The maximum atomic E-state index is 11.7. The van der Waals surface area contributed by atoms with Gasteiger partial charge in [-0.1, -0.05) is 29.8 Å². The van der Waals surface area contributed by atoms with E-state index in [1.165, 1.54) is 0 Å². The standard InChI is InChI=1S/C14H15ClN2O/c15-13-6-2-1-5-12(13)11-16-14(18)7-10-17-8-3-4-9-17/h1-6,8-9H,7,10-11H2,(H,16,18). The lowest BCUT2D eigenvalue weighted by Crippen LogP contribution is -2.23. The summed E-state index contributed by atoms with van der Waals surface area (Å²) < 4.78 is 1.98. The molecule has 94 valence electrons. The molecule has 0 aliphatic heterocycles. The van der Waals surface area contributed by atoms with E-state index in [1.807, 2.05) is 53.4 Å². The van der Waals surface area contributed by atoms with Crippen LogP contribution < -0.4 is 5.32 Å². The van der Waals surface area contributed by atoms with Crippen LogP contribution in [0, 0.1) is 0 Å². The van der Waals surface area contributed by atoms with E-state index in [2.05, 4.69) is 5.32 Å². The maximum Gasteiger partial charge on any atom is 0.222 e. The molecule has 1 heterocycles. The Labute approximate surface area is 111 Å². The van der Waals surface area contributed by atoms with Crippen molar-refractivity contribution >= 4 is 17.5 Å². The van der Waals surface area contributed by atoms with Crippen molar-refractivity contribution in [3.63, 3.8) is 0 Å². The topological polar surface area (TPSA) is 34.0 Å². The Morgan fingerprint density at radius 3 is 2.61 bits per heavy atom. The number of nitrogens with zero attached hydrogens (tertiary/aromatic N) is 1. The van der Waals surface area contributed by atoms with Crippen LogP contribution in [0.5, 0.6) is 0 Å². The Morgan fingerprint density at radius 2 is 1.89 bits per heavy atom. The number of nitrogens with one attached hydrogen (secondary N) is 1. The van der Waals surface area contributed by atoms with E-state index >= 15 is 0 Å². The first-order valence-electron chi connectivity index (χ1n) is 5.86. The fourth-order valence-corrected chi connectivity index (χ4v) is 1.88. The van der Waals surface area contributed by atoms with Gasteiger partial charge < -0.3 is 9.88 Å². The summed E-state index contributed by atoms with van der Waals surface area (Å²) in [4.78, 5) is 11.7. The summed E-state index contributed by atoms with van der Waals surface area (Å²) in [5, 5.41) is 3.55. The van der Waals surface area contributed by atoms with Crippen molar-refractivity contribution in [2.24, 2.45) is 0 Å². The number of rotatable bonds is 5. The highest BCUT2D eigenvalue weighted by Gasteiger charge is 2.03. The Kier molecular flexibility index (Phi) is 4.42. The Balaban J connectivity index is 1.77. The largest absolute Gasteiger partial charge is 0.354 e. The van der Waals surface area contributed by atoms with Gasteiger partial charge in [-0.05, 0) is 23.8 Å². The summed E-state index contributed by atoms with van der Waals surface area (Å²) in [5.41, 5.74) is 0.938. The molecule has 1 aromatic heterocycles. The molecule has 0 bridgehead atoms. The average molecular weight is 263 g/mol. The highest BCUT2D eigenvalue weighted by atomic mass is 35.5. The highest BCUT2D eigenvalue weighted by molar-refractivity contribution is 6.31. The number of carbonyl (C=O) groups is 1. The zero-order chi connectivity index (χ0) is 12.8. The number of carbonyl (C=O) groups excluding carboxylic acids is 1. The Bertz CT molecular complexity index is 508. The molecule has 0 saturated heterocycles. The van der Waals surface area contributed by atoms with Crippen molar-refractivity contribution in [2.45, 2.75) is 19.5 Å². The monoisotopic (exact) mass is 262 g/mol. The minimum atomic E-state index is 0.0311. The van der Waals surface area contributed by atoms with Crippen LogP contribution in [0.4, 0.5) is 0 Å². The summed E-state index contributed by atoms with van der Waals surface area (Å²) >= 11 is 6.01. The molecule has 3 nitrogen and oxygen atoms in total. The summed E-state index contributed by atoms with van der Waals surface area (Å²) in [6, 6.07) is 11.4. The van der Waals surface area contributed by atoms with E-state index in [4.69, 9.17) is 11.6 Å². The summed E-state index contributed by atoms with van der Waals surface area (Å²) in [6.45, 7) is 1.17. The number of aryl methyl sites for hydroxylation is 1. The van der Waals surface area contributed by atoms with Gasteiger partial charge >= 0.3 is 0 Å². The van der Waals surface area contributed by atoms with Crippen molar-refractivity contribution < 1.29 is 4.79 Å². The van der Waals surface area contributed by atoms with Crippen molar-refractivity contribution in [3.8, 4) is 0 Å². The van der Waals surface area contributed by atoms with Crippen LogP contribution in [0.25, 0.3) is 0 Å². The summed E-state index contributed by atoms with van der Waals surface area (Å²) in [5.74, 6) is 0.0311. The smallest absolute Gasteiger partial charge is 0.222 e. The molecule has 2 aromatic rings. The van der Waals surface area contributed by atoms with Crippen LogP contribution >= 0.6 is 11.6 Å². The first-order chi connectivity index (χ1) is 8.75. The van der Waals surface area contributed by atoms with Gasteiger partial charge in [-0.15, -0.1) is 0 Å². The lowest BCUT2D eigenvalue weighted by atomic mass is 10.2. The molecule has 0 aliphatic rings. The first-order valence-corrected chi connectivity index (χ1v) is 6.24. The molecule has 18 heavy (non-hydrogen) atoms. The van der Waals surface area contributed by atoms with Gasteiger partial charge in [0, 0.05) is 36.9 Å². The van der Waals surface area contributed by atoms with Crippen molar-refractivity contribution in [2.75, 3.05) is 0 Å². The van der Waals surface area contributed by atoms with Crippen LogP contribution in [0.2, 0.25) is 5.02 Å². The third-order valence-corrected chi connectivity index (χ3v) is 3.07. The Hall–Kier alpha value is -1.74. The molecule has 1 aromatic carbocycles. The molecule has 0 saturated carbocycles. The number of hydrogen-bond acceptors (Lipinski definition) is 1. The minimum absolute atomic E-state index is 0.0311. The molecule has 0 unspecified atom stereocenters. The minimum Gasteiger partial charge on any atom is -0.354 e. The van der Waals surface area contributed by atoms with Crippen LogP contribution in [0.1, 0.15) is 12.0 Å². The Morgan fingerprint density at radius 1 is 1.17 bits per heavy atom. The molecular weight excluding hydrogens is 248 g/mol. The van der Waals surface area contributed by atoms with Gasteiger partial charge in [0.2, 0.25) is 5.91 Å². The fraction of sp³-hybridized carbons (Fsp3) is 0.214. The van der Waals surface area contributed by atoms with E-state index in [1.54, 1.807) is 0 Å². The van der Waals surface area contributed by atoms with Gasteiger partial charge in [-0.2, -0.15) is 0 Å². The number of benzene rings is 1. The van der Waals surface area contributed by atoms with Gasteiger partial charge in [0.1, 0.15) is 0 Å². The molecule has 0 spiro atoms. The van der Waals surface area contributed by atoms with Gasteiger partial charge in [0.15, 0.2) is 0 Å². The number of aromatic nitrogens is 1. The van der Waals surface area contributed by atoms with E-state index in [0.717, 1.165) is 5.56 Å². The average Bonchev–Trinajstić information content (AvgIpc) is 2.88. The van der Waals surface area contributed by atoms with Crippen LogP contribution in [-0.2, 0) is 17.9 Å². The summed E-state index contributed by atoms with van der Waals surface area (Å²) in [6.07, 6.45) is 4.36. The first kappa shape index (κ1) is 12.7. The quantitative estimate of drug-likeness (QED) is 0.883. The zero-order valence-electron chi connectivity index (χ0n) is 9.97. The van der Waals surface area contributed by atoms with E-state index in [9.17, 15) is 4.79 Å². The second-order valence-corrected chi connectivity index (χ2v) is 4.45. The third-order valence-electron chi connectivity index (χ3n) is 2.70. The SMILES string of the molecule is O=C(CCn1cccc1)NCc1ccccc1Cl. The molecule has 0 fully saturated rings. The van der Waals surface area contributed by atoms with Gasteiger partial charge in [0.25, 0.3) is 0 Å². The van der Waals surface area contributed by atoms with E-state index in [-0.39, 0.29) is 5.91 Å². The molecular formula is C14H15ClN2O. The predicted octanol–water partition coefficient (Wildman–Crippen LogP) is 2.85. The van der Waals surface area contributed by atoms with Crippen LogP contribution in [-0.4, -0.2) is 10.5 Å². The van der Waals surface area contributed by atoms with Gasteiger partial charge in [-0.25, -0.2) is 0 Å². The number of halogens is 1. The molecule has 0 atom stereocenters. The van der Waals surface area contributed by atoms with Crippen molar-refractivity contribution in [1.29, 1.82) is 0 Å². The number of hydrogen-bond donors (Lipinski definition) is 1. The fourth-order valence-electron chi connectivity index (χ4n) is 1.67. The zero-order valence-corrected chi connectivity index (χ0v) is 10.7. The van der Waals surface area contributed by atoms with E-state index in [0.29, 0.717) is 24.5 Å². The number of amides is 1. The molecule has 0 aliphatic carbocycles. The highest BCUT2D eigenvalue weighted by Crippen LogP contribution is 2.14. The lowest BCUT2D eigenvalue weighted by Gasteiger charge is -2.07. The normalized spacial score (nSPS) is 10.3. The molecule has 1 N–H and O–H groups in total. The van der Waals surface area contributed by atoms with Gasteiger partial charge in [0.05, 0.1) is 0 Å².